The first-order chi connectivity index (χ1) is 13.5. The lowest BCUT2D eigenvalue weighted by Crippen LogP contribution is -2.38. The van der Waals surface area contributed by atoms with Gasteiger partial charge < -0.3 is 4.84 Å². The van der Waals surface area contributed by atoms with Crippen LogP contribution in [0.25, 0.3) is 0 Å². The van der Waals surface area contributed by atoms with E-state index in [0.29, 0.717) is 21.9 Å². The topological polar surface area (TPSA) is 57.1 Å². The minimum atomic E-state index is -0.502. The van der Waals surface area contributed by atoms with Crippen molar-refractivity contribution in [3.05, 3.63) is 99.3 Å². The molecule has 0 aliphatic rings. The zero-order chi connectivity index (χ0) is 20.1. The molecular formula is C22H19ClFN3O. The molecule has 3 aromatic carbocycles. The van der Waals surface area contributed by atoms with Crippen molar-refractivity contribution in [1.82, 2.24) is 11.0 Å². The third-order valence-electron chi connectivity index (χ3n) is 4.37. The Morgan fingerprint density at radius 3 is 2.43 bits per heavy atom. The molecule has 1 unspecified atom stereocenters. The minimum Gasteiger partial charge on any atom is -0.394 e. The molecule has 3 rings (SSSR count). The monoisotopic (exact) mass is 395 g/mol. The minimum absolute atomic E-state index is 0.334. The first-order valence-corrected chi connectivity index (χ1v) is 9.05. The van der Waals surface area contributed by atoms with E-state index in [4.69, 9.17) is 21.7 Å². The van der Waals surface area contributed by atoms with Gasteiger partial charge in [-0.3, -0.25) is 0 Å². The van der Waals surface area contributed by atoms with Crippen LogP contribution in [0.15, 0.2) is 60.7 Å². The van der Waals surface area contributed by atoms with Crippen LogP contribution in [0.2, 0.25) is 5.02 Å². The fourth-order valence-corrected chi connectivity index (χ4v) is 2.97. The first kappa shape index (κ1) is 19.8. The quantitative estimate of drug-likeness (QED) is 0.567. The maximum absolute atomic E-state index is 14.5. The highest BCUT2D eigenvalue weighted by molar-refractivity contribution is 6.30. The van der Waals surface area contributed by atoms with Gasteiger partial charge in [0.15, 0.2) is 0 Å². The number of hydrogen-bond acceptors (Lipinski definition) is 4. The largest absolute Gasteiger partial charge is 0.394 e. The Morgan fingerprint density at radius 1 is 1.04 bits per heavy atom. The summed E-state index contributed by atoms with van der Waals surface area (Å²) in [4.78, 5) is 5.53. The third kappa shape index (κ3) is 4.68. The molecule has 0 aliphatic heterocycles. The van der Waals surface area contributed by atoms with Gasteiger partial charge in [-0.1, -0.05) is 53.1 Å². The summed E-state index contributed by atoms with van der Waals surface area (Å²) < 4.78 is 14.5. The molecule has 0 saturated heterocycles. The van der Waals surface area contributed by atoms with Gasteiger partial charge in [0.1, 0.15) is 11.6 Å². The number of nitrogens with one attached hydrogen (secondary N) is 2. The molecule has 0 fully saturated rings. The molecule has 0 heterocycles. The highest BCUT2D eigenvalue weighted by atomic mass is 35.5. The normalized spacial score (nSPS) is 11.7. The average molecular weight is 396 g/mol. The molecule has 142 valence electrons. The summed E-state index contributed by atoms with van der Waals surface area (Å²) in [6.45, 7) is 3.82. The third-order valence-corrected chi connectivity index (χ3v) is 4.61. The number of benzene rings is 3. The highest BCUT2D eigenvalue weighted by Crippen LogP contribution is 2.26. The Hall–Kier alpha value is -2.91. The van der Waals surface area contributed by atoms with Gasteiger partial charge in [0, 0.05) is 10.6 Å². The van der Waals surface area contributed by atoms with Crippen molar-refractivity contribution in [2.45, 2.75) is 19.9 Å². The summed E-state index contributed by atoms with van der Waals surface area (Å²) in [6.07, 6.45) is 0. The predicted octanol–water partition coefficient (Wildman–Crippen LogP) is 5.15. The number of nitriles is 1. The van der Waals surface area contributed by atoms with Gasteiger partial charge in [-0.2, -0.15) is 5.26 Å². The van der Waals surface area contributed by atoms with Gasteiger partial charge in [0.2, 0.25) is 0 Å². The van der Waals surface area contributed by atoms with Crippen LogP contribution in [0.3, 0.4) is 0 Å². The first-order valence-electron chi connectivity index (χ1n) is 8.67. The van der Waals surface area contributed by atoms with Crippen molar-refractivity contribution in [3.8, 4) is 11.8 Å². The summed E-state index contributed by atoms with van der Waals surface area (Å²) in [5, 5.41) is 9.35. The second kappa shape index (κ2) is 8.85. The van der Waals surface area contributed by atoms with E-state index in [1.807, 2.05) is 38.1 Å². The van der Waals surface area contributed by atoms with Crippen LogP contribution in [0.5, 0.6) is 5.75 Å². The summed E-state index contributed by atoms with van der Waals surface area (Å²) >= 11 is 5.89. The molecule has 6 heteroatoms. The molecule has 3 aromatic rings. The van der Waals surface area contributed by atoms with Gasteiger partial charge in [-0.15, -0.1) is 0 Å². The van der Waals surface area contributed by atoms with Crippen LogP contribution < -0.4 is 15.9 Å². The van der Waals surface area contributed by atoms with Gasteiger partial charge in [0.05, 0.1) is 17.7 Å². The molecule has 2 N–H and O–H groups in total. The molecular weight excluding hydrogens is 377 g/mol. The van der Waals surface area contributed by atoms with Crippen LogP contribution in [0.4, 0.5) is 4.39 Å². The summed E-state index contributed by atoms with van der Waals surface area (Å²) in [6, 6.07) is 19.1. The average Bonchev–Trinajstić information content (AvgIpc) is 2.67. The van der Waals surface area contributed by atoms with Crippen LogP contribution >= 0.6 is 11.6 Å². The van der Waals surface area contributed by atoms with Crippen LogP contribution in [-0.2, 0) is 0 Å². The fourth-order valence-electron chi connectivity index (χ4n) is 2.81. The Kier molecular flexibility index (Phi) is 6.27. The Balaban J connectivity index is 1.80. The van der Waals surface area contributed by atoms with E-state index in [1.165, 1.54) is 6.07 Å². The molecule has 0 amide bonds. The lowest BCUT2D eigenvalue weighted by atomic mass is 9.98. The van der Waals surface area contributed by atoms with Crippen molar-refractivity contribution in [1.29, 1.82) is 5.26 Å². The van der Waals surface area contributed by atoms with Gasteiger partial charge in [-0.25, -0.2) is 9.82 Å². The lowest BCUT2D eigenvalue weighted by molar-refractivity contribution is 0.137. The maximum Gasteiger partial charge on any atom is 0.149 e. The van der Waals surface area contributed by atoms with Crippen LogP contribution in [0.1, 0.15) is 33.9 Å². The van der Waals surface area contributed by atoms with Crippen LogP contribution in [0, 0.1) is 31.0 Å². The Morgan fingerprint density at radius 2 is 1.79 bits per heavy atom. The molecule has 0 radical (unpaired) electrons. The molecule has 1 atom stereocenters. The van der Waals surface area contributed by atoms with Gasteiger partial charge in [0.25, 0.3) is 0 Å². The zero-order valence-corrected chi connectivity index (χ0v) is 16.2. The summed E-state index contributed by atoms with van der Waals surface area (Å²) in [5.41, 5.74) is 9.48. The van der Waals surface area contributed by atoms with E-state index in [9.17, 15) is 4.39 Å². The number of rotatable bonds is 6. The maximum atomic E-state index is 14.5. The number of hydrazine groups is 1. The number of hydrogen-bond donors (Lipinski definition) is 2. The molecule has 4 nitrogen and oxygen atoms in total. The summed E-state index contributed by atoms with van der Waals surface area (Å²) in [5.74, 6) is 0.116. The van der Waals surface area contributed by atoms with E-state index >= 15 is 0 Å². The van der Waals surface area contributed by atoms with Gasteiger partial charge >= 0.3 is 0 Å². The van der Waals surface area contributed by atoms with E-state index < -0.39 is 11.9 Å². The standard InChI is InChI=1S/C22H19ClFN3O/c1-14-3-5-16(6-4-14)22(20-10-8-18(23)12-21(20)24)26-27-28-19-9-7-17(13-25)15(2)11-19/h3-12,22,26-27H,1-2H3. The van der Waals surface area contributed by atoms with Crippen molar-refractivity contribution in [2.24, 2.45) is 0 Å². The predicted molar refractivity (Wildman–Crippen MR) is 107 cm³/mol. The molecule has 28 heavy (non-hydrogen) atoms. The number of halogens is 2. The van der Waals surface area contributed by atoms with Gasteiger partial charge in [-0.05, 0) is 55.3 Å². The fraction of sp³-hybridized carbons (Fsp3) is 0.136. The van der Waals surface area contributed by atoms with Crippen molar-refractivity contribution in [3.63, 3.8) is 0 Å². The van der Waals surface area contributed by atoms with E-state index in [2.05, 4.69) is 17.1 Å². The van der Waals surface area contributed by atoms with Crippen LogP contribution in [-0.4, -0.2) is 0 Å². The SMILES string of the molecule is Cc1ccc(C(NNOc2ccc(C#N)c(C)c2)c2ccc(Cl)cc2F)cc1. The zero-order valence-electron chi connectivity index (χ0n) is 15.5. The second-order valence-corrected chi connectivity index (χ2v) is 6.88. The molecule has 0 saturated carbocycles. The molecule has 0 bridgehead atoms. The molecule has 0 aliphatic carbocycles. The smallest absolute Gasteiger partial charge is 0.149 e. The summed E-state index contributed by atoms with van der Waals surface area (Å²) in [7, 11) is 0. The Bertz CT molecular complexity index is 1020. The highest BCUT2D eigenvalue weighted by Gasteiger charge is 2.18. The van der Waals surface area contributed by atoms with Crippen molar-refractivity contribution in [2.75, 3.05) is 0 Å². The number of aryl methyl sites for hydroxylation is 2. The van der Waals surface area contributed by atoms with E-state index in [-0.39, 0.29) is 0 Å². The van der Waals surface area contributed by atoms with E-state index in [1.54, 1.807) is 30.3 Å². The Labute approximate surface area is 168 Å². The molecule has 0 spiro atoms. The van der Waals surface area contributed by atoms with Crippen molar-refractivity contribution < 1.29 is 9.23 Å². The van der Waals surface area contributed by atoms with E-state index in [0.717, 1.165) is 16.7 Å². The number of nitrogens with zero attached hydrogens (tertiary/aromatic N) is 1. The van der Waals surface area contributed by atoms with Crippen molar-refractivity contribution >= 4 is 11.6 Å². The lowest BCUT2D eigenvalue weighted by Gasteiger charge is -2.21. The second-order valence-electron chi connectivity index (χ2n) is 6.45. The molecule has 0 aromatic heterocycles.